The Balaban J connectivity index is 2.64. The predicted octanol–water partition coefficient (Wildman–Crippen LogP) is 1.35. The van der Waals surface area contributed by atoms with E-state index in [0.717, 1.165) is 6.42 Å². The molecule has 0 amide bonds. The third-order valence-corrected chi connectivity index (χ3v) is 4.12. The number of rotatable bonds is 7. The molecule has 1 aromatic rings. The molecule has 0 radical (unpaired) electrons. The molecule has 1 atom stereocenters. The van der Waals surface area contributed by atoms with Crippen LogP contribution in [0.2, 0.25) is 0 Å². The van der Waals surface area contributed by atoms with E-state index >= 15 is 0 Å². The Bertz CT molecular complexity index is 576. The summed E-state index contributed by atoms with van der Waals surface area (Å²) < 4.78 is 26.5. The summed E-state index contributed by atoms with van der Waals surface area (Å²) in [7, 11) is -3.48. The van der Waals surface area contributed by atoms with Gasteiger partial charge in [-0.25, -0.2) is 13.1 Å². The second-order valence-electron chi connectivity index (χ2n) is 5.27. The molecule has 110 valence electrons. The molecule has 1 aromatic carbocycles. The molecule has 0 aliphatic heterocycles. The number of hydrogen-bond donors (Lipinski definition) is 2. The van der Waals surface area contributed by atoms with E-state index in [1.165, 1.54) is 0 Å². The minimum atomic E-state index is -3.48. The fourth-order valence-electron chi connectivity index (χ4n) is 1.93. The first-order valence-corrected chi connectivity index (χ1v) is 8.20. The van der Waals surface area contributed by atoms with Crippen LogP contribution in [0.25, 0.3) is 0 Å². The van der Waals surface area contributed by atoms with E-state index in [0.29, 0.717) is 17.0 Å². The van der Waals surface area contributed by atoms with Crippen molar-refractivity contribution in [2.45, 2.75) is 32.1 Å². The van der Waals surface area contributed by atoms with Gasteiger partial charge in [-0.3, -0.25) is 0 Å². The van der Waals surface area contributed by atoms with Crippen LogP contribution in [0, 0.1) is 17.2 Å². The zero-order valence-electron chi connectivity index (χ0n) is 11.8. The summed E-state index contributed by atoms with van der Waals surface area (Å²) in [5, 5.41) is 8.95. The average Bonchev–Trinajstić information content (AvgIpc) is 2.36. The summed E-state index contributed by atoms with van der Waals surface area (Å²) >= 11 is 0. The molecular weight excluding hydrogens is 274 g/mol. The molecule has 0 fully saturated rings. The topological polar surface area (TPSA) is 96.0 Å². The standard InChI is InChI=1S/C14H21N3O2S/c1-11(2)7-14(16)9-17-20(18,19)10-13-6-4-3-5-12(13)8-15/h3-6,11,14,17H,7,9-10,16H2,1-2H3. The van der Waals surface area contributed by atoms with Gasteiger partial charge >= 0.3 is 0 Å². The summed E-state index contributed by atoms with van der Waals surface area (Å²) in [6.45, 7) is 4.30. The first-order chi connectivity index (χ1) is 9.34. The Kier molecular flexibility index (Phi) is 6.14. The Labute approximate surface area is 120 Å². The van der Waals surface area contributed by atoms with Gasteiger partial charge in [-0.1, -0.05) is 32.0 Å². The lowest BCUT2D eigenvalue weighted by Gasteiger charge is -2.15. The fourth-order valence-corrected chi connectivity index (χ4v) is 3.17. The summed E-state index contributed by atoms with van der Waals surface area (Å²) in [5.41, 5.74) is 6.73. The van der Waals surface area contributed by atoms with Crippen molar-refractivity contribution in [1.82, 2.24) is 4.72 Å². The van der Waals surface area contributed by atoms with Crippen LogP contribution >= 0.6 is 0 Å². The maximum absolute atomic E-state index is 12.0. The molecule has 0 aliphatic rings. The van der Waals surface area contributed by atoms with Gasteiger partial charge in [0.15, 0.2) is 0 Å². The van der Waals surface area contributed by atoms with E-state index < -0.39 is 10.0 Å². The van der Waals surface area contributed by atoms with E-state index in [4.69, 9.17) is 11.0 Å². The molecule has 0 saturated heterocycles. The summed E-state index contributed by atoms with van der Waals surface area (Å²) in [6.07, 6.45) is 0.761. The van der Waals surface area contributed by atoms with Crippen molar-refractivity contribution in [2.24, 2.45) is 11.7 Å². The molecule has 0 aliphatic carbocycles. The molecule has 1 unspecified atom stereocenters. The van der Waals surface area contributed by atoms with Crippen LogP contribution in [0.4, 0.5) is 0 Å². The van der Waals surface area contributed by atoms with E-state index in [2.05, 4.69) is 4.72 Å². The van der Waals surface area contributed by atoms with Gasteiger partial charge in [-0.05, 0) is 24.0 Å². The van der Waals surface area contributed by atoms with Gasteiger partial charge in [0.2, 0.25) is 10.0 Å². The highest BCUT2D eigenvalue weighted by molar-refractivity contribution is 7.88. The normalized spacial score (nSPS) is 13.2. The Hall–Kier alpha value is -1.42. The molecular formula is C14H21N3O2S. The van der Waals surface area contributed by atoms with Crippen molar-refractivity contribution >= 4 is 10.0 Å². The second kappa shape index (κ2) is 7.39. The number of sulfonamides is 1. The molecule has 6 heteroatoms. The van der Waals surface area contributed by atoms with Crippen LogP contribution in [-0.4, -0.2) is 21.0 Å². The van der Waals surface area contributed by atoms with Crippen LogP contribution in [0.5, 0.6) is 0 Å². The van der Waals surface area contributed by atoms with Gasteiger partial charge in [-0.2, -0.15) is 5.26 Å². The molecule has 0 bridgehead atoms. The van der Waals surface area contributed by atoms with Gasteiger partial charge in [-0.15, -0.1) is 0 Å². The maximum atomic E-state index is 12.0. The van der Waals surface area contributed by atoms with Crippen molar-refractivity contribution in [1.29, 1.82) is 5.26 Å². The minimum absolute atomic E-state index is 0.198. The third kappa shape index (κ3) is 5.70. The van der Waals surface area contributed by atoms with Crippen molar-refractivity contribution in [3.05, 3.63) is 35.4 Å². The van der Waals surface area contributed by atoms with Gasteiger partial charge in [0.05, 0.1) is 17.4 Å². The lowest BCUT2D eigenvalue weighted by atomic mass is 10.1. The lowest BCUT2D eigenvalue weighted by Crippen LogP contribution is -2.38. The monoisotopic (exact) mass is 295 g/mol. The number of nitrogens with two attached hydrogens (primary N) is 1. The van der Waals surface area contributed by atoms with E-state index in [9.17, 15) is 8.42 Å². The first-order valence-electron chi connectivity index (χ1n) is 6.55. The van der Waals surface area contributed by atoms with E-state index in [1.807, 2.05) is 19.9 Å². The Morgan fingerprint density at radius 2 is 2.00 bits per heavy atom. The summed E-state index contributed by atoms with van der Waals surface area (Å²) in [6, 6.07) is 8.47. The van der Waals surface area contributed by atoms with Gasteiger partial charge in [0, 0.05) is 12.6 Å². The second-order valence-corrected chi connectivity index (χ2v) is 7.07. The van der Waals surface area contributed by atoms with Gasteiger partial charge < -0.3 is 5.73 Å². The molecule has 20 heavy (non-hydrogen) atoms. The van der Waals surface area contributed by atoms with Crippen LogP contribution in [0.3, 0.4) is 0 Å². The fraction of sp³-hybridized carbons (Fsp3) is 0.500. The summed E-state index contributed by atoms with van der Waals surface area (Å²) in [4.78, 5) is 0. The lowest BCUT2D eigenvalue weighted by molar-refractivity contribution is 0.485. The number of benzene rings is 1. The zero-order valence-corrected chi connectivity index (χ0v) is 12.7. The van der Waals surface area contributed by atoms with Crippen molar-refractivity contribution in [3.8, 4) is 6.07 Å². The Morgan fingerprint density at radius 1 is 1.35 bits per heavy atom. The van der Waals surface area contributed by atoms with Crippen molar-refractivity contribution in [2.75, 3.05) is 6.54 Å². The minimum Gasteiger partial charge on any atom is -0.327 e. The number of nitriles is 1. The molecule has 1 rings (SSSR count). The van der Waals surface area contributed by atoms with Crippen LogP contribution in [0.15, 0.2) is 24.3 Å². The van der Waals surface area contributed by atoms with Crippen LogP contribution < -0.4 is 10.5 Å². The maximum Gasteiger partial charge on any atom is 0.215 e. The number of nitrogens with zero attached hydrogens (tertiary/aromatic N) is 1. The third-order valence-electron chi connectivity index (χ3n) is 2.82. The largest absolute Gasteiger partial charge is 0.327 e. The highest BCUT2D eigenvalue weighted by atomic mass is 32.2. The van der Waals surface area contributed by atoms with E-state index in [1.54, 1.807) is 24.3 Å². The molecule has 0 saturated carbocycles. The first kappa shape index (κ1) is 16.6. The SMILES string of the molecule is CC(C)CC(N)CNS(=O)(=O)Cc1ccccc1C#N. The number of nitrogens with one attached hydrogen (secondary N) is 1. The highest BCUT2D eigenvalue weighted by Gasteiger charge is 2.15. The van der Waals surface area contributed by atoms with Crippen molar-refractivity contribution < 1.29 is 8.42 Å². The Morgan fingerprint density at radius 3 is 2.60 bits per heavy atom. The quantitative estimate of drug-likeness (QED) is 0.793. The molecule has 3 N–H and O–H groups in total. The molecule has 0 heterocycles. The average molecular weight is 295 g/mol. The van der Waals surface area contributed by atoms with Gasteiger partial charge in [0.25, 0.3) is 0 Å². The molecule has 0 spiro atoms. The van der Waals surface area contributed by atoms with Crippen molar-refractivity contribution in [3.63, 3.8) is 0 Å². The van der Waals surface area contributed by atoms with Gasteiger partial charge in [0.1, 0.15) is 0 Å². The smallest absolute Gasteiger partial charge is 0.215 e. The predicted molar refractivity (Wildman–Crippen MR) is 79.2 cm³/mol. The van der Waals surface area contributed by atoms with Crippen LogP contribution in [-0.2, 0) is 15.8 Å². The highest BCUT2D eigenvalue weighted by Crippen LogP contribution is 2.11. The summed E-state index contributed by atoms with van der Waals surface area (Å²) in [5.74, 6) is 0.222. The number of hydrogen-bond acceptors (Lipinski definition) is 4. The molecule has 0 aromatic heterocycles. The van der Waals surface area contributed by atoms with Crippen LogP contribution in [0.1, 0.15) is 31.4 Å². The van der Waals surface area contributed by atoms with E-state index in [-0.39, 0.29) is 18.3 Å². The molecule has 5 nitrogen and oxygen atoms in total. The zero-order chi connectivity index (χ0) is 15.2.